The summed E-state index contributed by atoms with van der Waals surface area (Å²) < 4.78 is 10.9. The van der Waals surface area contributed by atoms with Gasteiger partial charge < -0.3 is 31.2 Å². The van der Waals surface area contributed by atoms with E-state index in [0.29, 0.717) is 18.9 Å². The zero-order valence-corrected chi connectivity index (χ0v) is 22.8. The monoisotopic (exact) mass is 544 g/mol. The van der Waals surface area contributed by atoms with Crippen LogP contribution in [0.25, 0.3) is 10.9 Å². The van der Waals surface area contributed by atoms with Gasteiger partial charge in [0.05, 0.1) is 17.6 Å². The molecule has 3 aromatic rings. The van der Waals surface area contributed by atoms with Crippen molar-refractivity contribution in [2.24, 2.45) is 16.5 Å². The molecule has 40 heavy (non-hydrogen) atoms. The Kier molecular flexibility index (Phi) is 7.29. The molecular weight excluding hydrogens is 508 g/mol. The number of hydrogen-bond acceptors (Lipinski definition) is 8. The molecule has 1 aliphatic carbocycles. The highest BCUT2D eigenvalue weighted by atomic mass is 16.7. The molecule has 1 aromatic heterocycles. The van der Waals surface area contributed by atoms with Crippen LogP contribution in [0.5, 0.6) is 11.5 Å². The predicted molar refractivity (Wildman–Crippen MR) is 153 cm³/mol. The molecule has 3 aliphatic rings. The number of carbonyl (C=O) groups is 1. The summed E-state index contributed by atoms with van der Waals surface area (Å²) in [5, 5.41) is 4.48. The summed E-state index contributed by atoms with van der Waals surface area (Å²) in [7, 11) is 0. The SMILES string of the molecule is Cc1ccc2nc(C(=O)N3CCN(Cc4ccc5c(c4)OCO5)CC3)nc(NC3CCCCC3N=C(N)N)c2c1. The van der Waals surface area contributed by atoms with E-state index in [9.17, 15) is 4.79 Å². The smallest absolute Gasteiger partial charge is 0.291 e. The van der Waals surface area contributed by atoms with E-state index in [-0.39, 0.29) is 36.6 Å². The summed E-state index contributed by atoms with van der Waals surface area (Å²) in [6, 6.07) is 12.0. The summed E-state index contributed by atoms with van der Waals surface area (Å²) in [5.74, 6) is 2.37. The van der Waals surface area contributed by atoms with Crippen molar-refractivity contribution in [3.63, 3.8) is 0 Å². The number of aromatic nitrogens is 2. The minimum Gasteiger partial charge on any atom is -0.454 e. The van der Waals surface area contributed by atoms with E-state index in [1.54, 1.807) is 0 Å². The Morgan fingerprint density at radius 1 is 1.02 bits per heavy atom. The van der Waals surface area contributed by atoms with Crippen molar-refractivity contribution in [1.29, 1.82) is 0 Å². The first-order chi connectivity index (χ1) is 19.4. The van der Waals surface area contributed by atoms with E-state index in [2.05, 4.69) is 32.3 Å². The van der Waals surface area contributed by atoms with Gasteiger partial charge in [-0.1, -0.05) is 30.5 Å². The van der Waals surface area contributed by atoms with Gasteiger partial charge in [0, 0.05) is 38.1 Å². The van der Waals surface area contributed by atoms with Gasteiger partial charge in [-0.05, 0) is 49.6 Å². The van der Waals surface area contributed by atoms with E-state index < -0.39 is 0 Å². The first-order valence-corrected chi connectivity index (χ1v) is 14.0. The van der Waals surface area contributed by atoms with Crippen molar-refractivity contribution in [2.45, 2.75) is 51.2 Å². The lowest BCUT2D eigenvalue weighted by atomic mass is 9.90. The van der Waals surface area contributed by atoms with Crippen molar-refractivity contribution < 1.29 is 14.3 Å². The molecule has 3 heterocycles. The van der Waals surface area contributed by atoms with Crippen molar-refractivity contribution in [2.75, 3.05) is 38.3 Å². The van der Waals surface area contributed by atoms with Crippen molar-refractivity contribution >= 4 is 28.6 Å². The maximum Gasteiger partial charge on any atom is 0.291 e. The number of piperazine rings is 1. The maximum atomic E-state index is 13.6. The standard InChI is InChI=1S/C29H36N8O3/c1-18-6-8-21-20(14-18)26(33-22-4-2-3-5-23(22)34-29(30)31)35-27(32-21)28(38)37-12-10-36(11-13-37)16-19-7-9-24-25(15-19)40-17-39-24/h6-9,14-15,22-23H,2-5,10-13,16-17H2,1H3,(H4,30,31,34)(H,32,33,35). The van der Waals surface area contributed by atoms with Crippen LogP contribution in [0.4, 0.5) is 5.82 Å². The molecule has 0 radical (unpaired) electrons. The topological polar surface area (TPSA) is 144 Å². The lowest BCUT2D eigenvalue weighted by Crippen LogP contribution is -2.48. The fraction of sp³-hybridized carbons (Fsp3) is 0.448. The van der Waals surface area contributed by atoms with Gasteiger partial charge in [-0.15, -0.1) is 0 Å². The third kappa shape index (κ3) is 5.60. The number of nitrogens with one attached hydrogen (secondary N) is 1. The van der Waals surface area contributed by atoms with Crippen LogP contribution in [-0.4, -0.2) is 76.7 Å². The number of carbonyl (C=O) groups excluding carboxylic acids is 1. The average molecular weight is 545 g/mol. The highest BCUT2D eigenvalue weighted by molar-refractivity contribution is 5.96. The first kappa shape index (κ1) is 26.1. The molecule has 11 heteroatoms. The Labute approximate surface area is 233 Å². The number of amides is 1. The lowest BCUT2D eigenvalue weighted by molar-refractivity contribution is 0.0617. The van der Waals surface area contributed by atoms with Gasteiger partial charge in [0.2, 0.25) is 12.6 Å². The van der Waals surface area contributed by atoms with Crippen molar-refractivity contribution in [3.8, 4) is 11.5 Å². The molecule has 2 aromatic carbocycles. The molecule has 1 amide bonds. The second-order valence-corrected chi connectivity index (χ2v) is 10.8. The van der Waals surface area contributed by atoms with Crippen LogP contribution in [0.1, 0.15) is 47.4 Å². The Hall–Kier alpha value is -4.12. The summed E-state index contributed by atoms with van der Waals surface area (Å²) in [5.41, 5.74) is 14.4. The van der Waals surface area contributed by atoms with Crippen LogP contribution in [-0.2, 0) is 6.54 Å². The summed E-state index contributed by atoms with van der Waals surface area (Å²) >= 11 is 0. The molecule has 1 saturated carbocycles. The number of nitrogens with two attached hydrogens (primary N) is 2. The van der Waals surface area contributed by atoms with Crippen LogP contribution in [0.15, 0.2) is 41.4 Å². The van der Waals surface area contributed by atoms with Crippen LogP contribution < -0.4 is 26.3 Å². The van der Waals surface area contributed by atoms with Crippen molar-refractivity contribution in [1.82, 2.24) is 19.8 Å². The number of fused-ring (bicyclic) bond motifs is 2. The number of aliphatic imine (C=N–C) groups is 1. The van der Waals surface area contributed by atoms with E-state index in [4.69, 9.17) is 25.9 Å². The number of benzene rings is 2. The zero-order chi connectivity index (χ0) is 27.6. The van der Waals surface area contributed by atoms with Crippen molar-refractivity contribution in [3.05, 3.63) is 53.3 Å². The quantitative estimate of drug-likeness (QED) is 0.315. The fourth-order valence-electron chi connectivity index (χ4n) is 5.80. The van der Waals surface area contributed by atoms with Gasteiger partial charge in [0.1, 0.15) is 5.82 Å². The molecule has 11 nitrogen and oxygen atoms in total. The fourth-order valence-corrected chi connectivity index (χ4v) is 5.80. The Bertz CT molecular complexity index is 1430. The number of guanidine groups is 1. The van der Waals surface area contributed by atoms with E-state index >= 15 is 0 Å². The molecule has 1 saturated heterocycles. The van der Waals surface area contributed by atoms with Gasteiger partial charge >= 0.3 is 0 Å². The largest absolute Gasteiger partial charge is 0.454 e. The summed E-state index contributed by atoms with van der Waals surface area (Å²) in [6.07, 6.45) is 3.99. The molecule has 5 N–H and O–H groups in total. The zero-order valence-electron chi connectivity index (χ0n) is 22.8. The van der Waals surface area contributed by atoms with Gasteiger partial charge in [-0.2, -0.15) is 0 Å². The first-order valence-electron chi connectivity index (χ1n) is 14.0. The Balaban J connectivity index is 1.18. The third-order valence-electron chi connectivity index (χ3n) is 7.91. The molecule has 210 valence electrons. The van der Waals surface area contributed by atoms with Crippen LogP contribution in [0, 0.1) is 6.92 Å². The second kappa shape index (κ2) is 11.2. The third-order valence-corrected chi connectivity index (χ3v) is 7.91. The number of ether oxygens (including phenoxy) is 2. The van der Waals surface area contributed by atoms with Crippen LogP contribution in [0.2, 0.25) is 0 Å². The maximum absolute atomic E-state index is 13.6. The van der Waals surface area contributed by atoms with Crippen LogP contribution >= 0.6 is 0 Å². The number of hydrogen-bond donors (Lipinski definition) is 3. The highest BCUT2D eigenvalue weighted by Gasteiger charge is 2.28. The second-order valence-electron chi connectivity index (χ2n) is 10.8. The Morgan fingerprint density at radius 2 is 1.82 bits per heavy atom. The number of rotatable bonds is 6. The minimum atomic E-state index is -0.155. The van der Waals surface area contributed by atoms with Gasteiger partial charge in [-0.25, -0.2) is 15.0 Å². The molecule has 2 aliphatic heterocycles. The van der Waals surface area contributed by atoms with Crippen LogP contribution in [0.3, 0.4) is 0 Å². The average Bonchev–Trinajstić information content (AvgIpc) is 3.42. The minimum absolute atomic E-state index is 0.0251. The van der Waals surface area contributed by atoms with Gasteiger partial charge in [-0.3, -0.25) is 9.69 Å². The van der Waals surface area contributed by atoms with E-state index in [1.807, 2.05) is 36.1 Å². The number of nitrogens with zero attached hydrogens (tertiary/aromatic N) is 5. The molecule has 2 atom stereocenters. The molecule has 0 spiro atoms. The predicted octanol–water partition coefficient (Wildman–Crippen LogP) is 2.62. The van der Waals surface area contributed by atoms with E-state index in [1.165, 1.54) is 0 Å². The Morgan fingerprint density at radius 3 is 2.65 bits per heavy atom. The molecule has 2 unspecified atom stereocenters. The number of aryl methyl sites for hydroxylation is 1. The lowest BCUT2D eigenvalue weighted by Gasteiger charge is -2.34. The van der Waals surface area contributed by atoms with E-state index in [0.717, 1.165) is 78.8 Å². The summed E-state index contributed by atoms with van der Waals surface area (Å²) in [4.78, 5) is 31.7. The molecule has 0 bridgehead atoms. The van der Waals surface area contributed by atoms with Gasteiger partial charge in [0.15, 0.2) is 17.5 Å². The summed E-state index contributed by atoms with van der Waals surface area (Å²) in [6.45, 7) is 5.84. The number of anilines is 1. The molecule has 6 rings (SSSR count). The normalized spacial score (nSPS) is 20.9. The molecular formula is C29H36N8O3. The highest BCUT2D eigenvalue weighted by Crippen LogP contribution is 2.33. The molecule has 2 fully saturated rings. The van der Waals surface area contributed by atoms with Gasteiger partial charge in [0.25, 0.3) is 5.91 Å².